The quantitative estimate of drug-likeness (QED) is 0.144. The number of nitrogens with zero attached hydrogens (tertiary/aromatic N) is 3. The van der Waals surface area contributed by atoms with E-state index in [9.17, 15) is 0 Å². The molecule has 1 aliphatic rings. The molecule has 4 nitrogen and oxygen atoms in total. The largest absolute Gasteiger partial charge is 0.456 e. The number of benzene rings is 11. The first kappa shape index (κ1) is 44.6. The highest BCUT2D eigenvalue weighted by Crippen LogP contribution is 2.43. The van der Waals surface area contributed by atoms with E-state index in [0.717, 1.165) is 79.1 Å². The summed E-state index contributed by atoms with van der Waals surface area (Å²) in [7, 11) is 0. The van der Waals surface area contributed by atoms with Crippen molar-refractivity contribution in [1.82, 2.24) is 9.13 Å². The number of allylic oxidation sites excluding steroid dienone is 4. The molecule has 1 aliphatic carbocycles. The Labute approximate surface area is 446 Å². The van der Waals surface area contributed by atoms with Crippen molar-refractivity contribution >= 4 is 82.6 Å². The Morgan fingerprint density at radius 2 is 0.844 bits per heavy atom. The van der Waals surface area contributed by atoms with E-state index >= 15 is 0 Å². The highest BCUT2D eigenvalue weighted by atomic mass is 16.3. The maximum atomic E-state index is 6.62. The zero-order chi connectivity index (χ0) is 51.0. The number of hydrogen-bond acceptors (Lipinski definition) is 2. The van der Waals surface area contributed by atoms with Gasteiger partial charge < -0.3 is 18.5 Å². The van der Waals surface area contributed by atoms with Gasteiger partial charge in [0.1, 0.15) is 11.2 Å². The minimum atomic E-state index is -0.0555. The van der Waals surface area contributed by atoms with E-state index in [-0.39, 0.29) is 5.41 Å². The molecular weight excluding hydrogens is 935 g/mol. The Kier molecular flexibility index (Phi) is 10.4. The molecule has 0 fully saturated rings. The molecule has 1 atom stereocenters. The fourth-order valence-corrected chi connectivity index (χ4v) is 12.2. The molecule has 0 spiro atoms. The maximum Gasteiger partial charge on any atom is 0.135 e. The van der Waals surface area contributed by atoms with Crippen LogP contribution in [0.2, 0.25) is 0 Å². The van der Waals surface area contributed by atoms with E-state index in [2.05, 4.69) is 300 Å². The summed E-state index contributed by atoms with van der Waals surface area (Å²) in [4.78, 5) is 2.39. The third-order valence-electron chi connectivity index (χ3n) is 16.1. The number of anilines is 3. The molecule has 0 bridgehead atoms. The summed E-state index contributed by atoms with van der Waals surface area (Å²) < 4.78 is 11.4. The van der Waals surface area contributed by atoms with Gasteiger partial charge in [-0.2, -0.15) is 0 Å². The van der Waals surface area contributed by atoms with E-state index in [1.54, 1.807) is 0 Å². The van der Waals surface area contributed by atoms with Crippen molar-refractivity contribution in [2.24, 2.45) is 0 Å². The molecule has 0 radical (unpaired) electrons. The number of hydrogen-bond donors (Lipinski definition) is 0. The lowest BCUT2D eigenvalue weighted by Gasteiger charge is -2.29. The molecule has 14 aromatic rings. The SMILES string of the molecule is CC1(c2ccc(N(c3ccc(-c4ccccc4)cc3)c3cccc(-c4cc(-c5ccc6oc7ccc(-n8c9ccccc9c9ccccc98)cc7c6c5)cc(-n5c6ccccc6c6ccccc65)c4)c3)cc2)C=CC=CC1. The molecule has 11 aromatic carbocycles. The molecule has 0 saturated heterocycles. The van der Waals surface area contributed by atoms with Crippen LogP contribution >= 0.6 is 0 Å². The average molecular weight is 986 g/mol. The van der Waals surface area contributed by atoms with Gasteiger partial charge in [-0.15, -0.1) is 0 Å². The lowest BCUT2D eigenvalue weighted by Crippen LogP contribution is -2.19. The van der Waals surface area contributed by atoms with Gasteiger partial charge in [-0.3, -0.25) is 0 Å². The van der Waals surface area contributed by atoms with Crippen molar-refractivity contribution in [1.29, 1.82) is 0 Å². The molecule has 4 heteroatoms. The lowest BCUT2D eigenvalue weighted by atomic mass is 9.77. The van der Waals surface area contributed by atoms with Crippen molar-refractivity contribution in [3.8, 4) is 44.8 Å². The molecule has 0 amide bonds. The van der Waals surface area contributed by atoms with Gasteiger partial charge >= 0.3 is 0 Å². The van der Waals surface area contributed by atoms with Crippen LogP contribution in [0.15, 0.2) is 284 Å². The Hall–Kier alpha value is -9.90. The maximum absolute atomic E-state index is 6.62. The van der Waals surface area contributed by atoms with Gasteiger partial charge in [0.25, 0.3) is 0 Å². The second-order valence-corrected chi connectivity index (χ2v) is 20.8. The zero-order valence-electron chi connectivity index (χ0n) is 42.5. The van der Waals surface area contributed by atoms with Crippen LogP contribution in [0.25, 0.3) is 110 Å². The molecule has 3 heterocycles. The molecule has 1 unspecified atom stereocenters. The van der Waals surface area contributed by atoms with Crippen molar-refractivity contribution < 1.29 is 4.42 Å². The fourth-order valence-electron chi connectivity index (χ4n) is 12.2. The topological polar surface area (TPSA) is 26.2 Å². The molecule has 3 aromatic heterocycles. The first-order valence-electron chi connectivity index (χ1n) is 26.6. The molecular formula is C73H51N3O. The standard InChI is InChI=1S/C73H51N3O/c1-73(41-14-3-15-42-73)55-32-36-57(37-33-55)74(56-34-29-50(30-35-56)49-17-4-2-5-18-49)58-20-16-19-51(44-58)53-43-54(46-60(45-53)76-69-27-12-8-23-63(69)64-24-9-13-28-70(64)76)52-31-39-71-65(47-52)66-48-59(38-40-72(66)77-71)75-67-25-10-6-21-61(67)62-22-7-11-26-68(62)75/h2-41,43-48H,42H2,1H3. The Morgan fingerprint density at radius 1 is 0.351 bits per heavy atom. The predicted molar refractivity (Wildman–Crippen MR) is 324 cm³/mol. The van der Waals surface area contributed by atoms with Gasteiger partial charge in [0.2, 0.25) is 0 Å². The Morgan fingerprint density at radius 3 is 1.44 bits per heavy atom. The number of aromatic nitrogens is 2. The third-order valence-corrected chi connectivity index (χ3v) is 16.1. The summed E-state index contributed by atoms with van der Waals surface area (Å²) in [6, 6.07) is 93.1. The Bertz CT molecular complexity index is 4560. The van der Waals surface area contributed by atoms with Crippen LogP contribution in [0.3, 0.4) is 0 Å². The van der Waals surface area contributed by atoms with Crippen LogP contribution in [0, 0.1) is 0 Å². The number of rotatable bonds is 9. The zero-order valence-corrected chi connectivity index (χ0v) is 42.5. The van der Waals surface area contributed by atoms with E-state index < -0.39 is 0 Å². The van der Waals surface area contributed by atoms with Crippen LogP contribution in [0.1, 0.15) is 18.9 Å². The molecule has 0 aliphatic heterocycles. The smallest absolute Gasteiger partial charge is 0.135 e. The van der Waals surface area contributed by atoms with Gasteiger partial charge in [0, 0.05) is 66.2 Å². The summed E-state index contributed by atoms with van der Waals surface area (Å²) in [5.41, 5.74) is 20.0. The Balaban J connectivity index is 0.898. The van der Waals surface area contributed by atoms with Crippen molar-refractivity contribution in [2.45, 2.75) is 18.8 Å². The molecule has 364 valence electrons. The molecule has 15 rings (SSSR count). The summed E-state index contributed by atoms with van der Waals surface area (Å²) in [5, 5.41) is 7.10. The molecule has 77 heavy (non-hydrogen) atoms. The van der Waals surface area contributed by atoms with Gasteiger partial charge in [0.15, 0.2) is 0 Å². The van der Waals surface area contributed by atoms with Gasteiger partial charge in [-0.05, 0) is 155 Å². The van der Waals surface area contributed by atoms with Crippen LogP contribution in [0.4, 0.5) is 17.1 Å². The van der Waals surface area contributed by atoms with Gasteiger partial charge in [-0.25, -0.2) is 0 Å². The minimum absolute atomic E-state index is 0.0555. The summed E-state index contributed by atoms with van der Waals surface area (Å²) in [5.74, 6) is 0. The van der Waals surface area contributed by atoms with Crippen molar-refractivity contribution in [2.75, 3.05) is 4.90 Å². The first-order valence-corrected chi connectivity index (χ1v) is 26.6. The highest BCUT2D eigenvalue weighted by molar-refractivity contribution is 6.12. The fraction of sp³-hybridized carbons (Fsp3) is 0.0411. The number of fused-ring (bicyclic) bond motifs is 9. The number of furan rings is 1. The van der Waals surface area contributed by atoms with E-state index in [1.807, 2.05) is 0 Å². The average Bonchev–Trinajstić information content (AvgIpc) is 4.22. The normalized spacial score (nSPS) is 14.5. The monoisotopic (exact) mass is 985 g/mol. The lowest BCUT2D eigenvalue weighted by molar-refractivity contribution is 0.600. The van der Waals surface area contributed by atoms with E-state index in [1.165, 1.54) is 60.3 Å². The number of para-hydroxylation sites is 4. The summed E-state index contributed by atoms with van der Waals surface area (Å²) in [6.45, 7) is 2.33. The second kappa shape index (κ2) is 17.9. The molecule has 0 N–H and O–H groups in total. The van der Waals surface area contributed by atoms with Crippen LogP contribution < -0.4 is 4.90 Å². The minimum Gasteiger partial charge on any atom is -0.456 e. The molecule has 0 saturated carbocycles. The van der Waals surface area contributed by atoms with Crippen LogP contribution in [-0.4, -0.2) is 9.13 Å². The van der Waals surface area contributed by atoms with E-state index in [0.29, 0.717) is 0 Å². The first-order chi connectivity index (χ1) is 38.0. The summed E-state index contributed by atoms with van der Waals surface area (Å²) in [6.07, 6.45) is 9.89. The second-order valence-electron chi connectivity index (χ2n) is 20.8. The van der Waals surface area contributed by atoms with Crippen LogP contribution in [0.5, 0.6) is 0 Å². The van der Waals surface area contributed by atoms with Crippen LogP contribution in [-0.2, 0) is 5.41 Å². The van der Waals surface area contributed by atoms with E-state index in [4.69, 9.17) is 4.42 Å². The third kappa shape index (κ3) is 7.52. The highest BCUT2D eigenvalue weighted by Gasteiger charge is 2.25. The van der Waals surface area contributed by atoms with Crippen molar-refractivity contribution in [3.05, 3.63) is 285 Å². The van der Waals surface area contributed by atoms with Crippen molar-refractivity contribution in [3.63, 3.8) is 0 Å². The summed E-state index contributed by atoms with van der Waals surface area (Å²) >= 11 is 0. The van der Waals surface area contributed by atoms with Gasteiger partial charge in [0.05, 0.1) is 22.1 Å². The predicted octanol–water partition coefficient (Wildman–Crippen LogP) is 20.0. The van der Waals surface area contributed by atoms with Gasteiger partial charge in [-0.1, -0.05) is 177 Å².